The van der Waals surface area contributed by atoms with Crippen molar-refractivity contribution in [2.45, 2.75) is 58.9 Å². The van der Waals surface area contributed by atoms with Gasteiger partial charge < -0.3 is 10.6 Å². The third-order valence-corrected chi connectivity index (χ3v) is 7.79. The average molecular weight is 382 g/mol. The quantitative estimate of drug-likeness (QED) is 0.862. The van der Waals surface area contributed by atoms with Crippen molar-refractivity contribution in [2.24, 2.45) is 5.73 Å². The molecule has 0 spiro atoms. The normalized spacial score (nSPS) is 17.4. The first kappa shape index (κ1) is 20.9. The molecule has 1 unspecified atom stereocenters. The molecule has 146 valence electrons. The molecule has 1 aromatic carbocycles. The van der Waals surface area contributed by atoms with Crippen molar-refractivity contribution in [1.29, 1.82) is 0 Å². The van der Waals surface area contributed by atoms with Crippen LogP contribution < -0.4 is 5.73 Å². The third-order valence-electron chi connectivity index (χ3n) is 5.62. The molecule has 0 saturated carbocycles. The molecule has 0 aromatic heterocycles. The van der Waals surface area contributed by atoms with Crippen molar-refractivity contribution in [1.82, 2.24) is 9.21 Å². The van der Waals surface area contributed by atoms with E-state index >= 15 is 0 Å². The SMILES string of the molecule is Cc1c(C)c(C)c(S(=O)(=O)N2CCN(C(=O)CC(C)N)CC2)c(C)c1C. The van der Waals surface area contributed by atoms with E-state index in [9.17, 15) is 13.2 Å². The monoisotopic (exact) mass is 381 g/mol. The van der Waals surface area contributed by atoms with Gasteiger partial charge in [0.25, 0.3) is 0 Å². The first-order valence-corrected chi connectivity index (χ1v) is 10.5. The summed E-state index contributed by atoms with van der Waals surface area (Å²) in [4.78, 5) is 14.3. The van der Waals surface area contributed by atoms with Crippen molar-refractivity contribution in [3.63, 3.8) is 0 Å². The summed E-state index contributed by atoms with van der Waals surface area (Å²) in [5.41, 5.74) is 10.5. The van der Waals surface area contributed by atoms with Gasteiger partial charge in [-0.05, 0) is 69.4 Å². The molecule has 6 nitrogen and oxygen atoms in total. The number of hydrogen-bond donors (Lipinski definition) is 1. The zero-order chi connectivity index (χ0) is 19.8. The van der Waals surface area contributed by atoms with Crippen LogP contribution in [-0.4, -0.2) is 55.8 Å². The largest absolute Gasteiger partial charge is 0.340 e. The smallest absolute Gasteiger partial charge is 0.243 e. The van der Waals surface area contributed by atoms with Gasteiger partial charge in [0, 0.05) is 38.6 Å². The Morgan fingerprint density at radius 3 is 1.77 bits per heavy atom. The number of piperazine rings is 1. The van der Waals surface area contributed by atoms with E-state index in [-0.39, 0.29) is 11.9 Å². The summed E-state index contributed by atoms with van der Waals surface area (Å²) in [6, 6.07) is -0.187. The Balaban J connectivity index is 2.27. The van der Waals surface area contributed by atoms with Gasteiger partial charge in [-0.15, -0.1) is 0 Å². The standard InChI is InChI=1S/C19H31N3O3S/c1-12(20)11-18(23)21-7-9-22(10-8-21)26(24,25)19-16(5)14(3)13(2)15(4)17(19)6/h12H,7-11,20H2,1-6H3. The van der Waals surface area contributed by atoms with Crippen LogP contribution in [0.4, 0.5) is 0 Å². The van der Waals surface area contributed by atoms with E-state index in [1.807, 2.05) is 34.6 Å². The zero-order valence-electron chi connectivity index (χ0n) is 16.7. The van der Waals surface area contributed by atoms with Gasteiger partial charge in [0.1, 0.15) is 0 Å². The highest BCUT2D eigenvalue weighted by Crippen LogP contribution is 2.31. The average Bonchev–Trinajstić information content (AvgIpc) is 2.57. The first-order valence-electron chi connectivity index (χ1n) is 9.09. The first-order chi connectivity index (χ1) is 12.0. The number of carbonyl (C=O) groups excluding carboxylic acids is 1. The van der Waals surface area contributed by atoms with Crippen molar-refractivity contribution in [3.05, 3.63) is 27.8 Å². The lowest BCUT2D eigenvalue weighted by Crippen LogP contribution is -2.51. The lowest BCUT2D eigenvalue weighted by atomic mass is 9.95. The van der Waals surface area contributed by atoms with Crippen LogP contribution in [0.15, 0.2) is 4.90 Å². The molecule has 0 radical (unpaired) electrons. The highest BCUT2D eigenvalue weighted by atomic mass is 32.2. The second kappa shape index (κ2) is 7.66. The maximum atomic E-state index is 13.3. The van der Waals surface area contributed by atoms with Crippen LogP contribution in [0.25, 0.3) is 0 Å². The number of sulfonamides is 1. The zero-order valence-corrected chi connectivity index (χ0v) is 17.5. The Morgan fingerprint density at radius 2 is 1.35 bits per heavy atom. The van der Waals surface area contributed by atoms with E-state index in [2.05, 4.69) is 0 Å². The Bertz CT molecular complexity index is 779. The third kappa shape index (κ3) is 3.80. The second-order valence-corrected chi connectivity index (χ2v) is 9.30. The highest BCUT2D eigenvalue weighted by Gasteiger charge is 2.33. The van der Waals surface area contributed by atoms with Gasteiger partial charge in [-0.25, -0.2) is 8.42 Å². The van der Waals surface area contributed by atoms with Gasteiger partial charge in [-0.1, -0.05) is 0 Å². The number of rotatable bonds is 4. The molecular formula is C19H31N3O3S. The summed E-state index contributed by atoms with van der Waals surface area (Å²) in [5.74, 6) is -0.00793. The van der Waals surface area contributed by atoms with Gasteiger partial charge in [0.15, 0.2) is 0 Å². The number of amides is 1. The number of nitrogens with two attached hydrogens (primary N) is 1. The Morgan fingerprint density at radius 1 is 0.923 bits per heavy atom. The minimum atomic E-state index is -3.59. The van der Waals surface area contributed by atoms with Crippen molar-refractivity contribution in [3.8, 4) is 0 Å². The van der Waals surface area contributed by atoms with E-state index in [0.29, 0.717) is 37.5 Å². The lowest BCUT2D eigenvalue weighted by Gasteiger charge is -2.35. The predicted octanol–water partition coefficient (Wildman–Crippen LogP) is 1.80. The summed E-state index contributed by atoms with van der Waals surface area (Å²) in [5, 5.41) is 0. The minimum absolute atomic E-state index is 0.00793. The van der Waals surface area contributed by atoms with Crippen LogP contribution in [0.5, 0.6) is 0 Å². The van der Waals surface area contributed by atoms with Gasteiger partial charge in [0.2, 0.25) is 15.9 Å². The fourth-order valence-electron chi connectivity index (χ4n) is 3.56. The van der Waals surface area contributed by atoms with Crippen LogP contribution in [-0.2, 0) is 14.8 Å². The molecule has 1 saturated heterocycles. The molecule has 7 heteroatoms. The summed E-state index contributed by atoms with van der Waals surface area (Å²) < 4.78 is 28.1. The Labute approximate surface area is 157 Å². The van der Waals surface area contributed by atoms with Gasteiger partial charge >= 0.3 is 0 Å². The topological polar surface area (TPSA) is 83.7 Å². The summed E-state index contributed by atoms with van der Waals surface area (Å²) in [6.45, 7) is 13.0. The van der Waals surface area contributed by atoms with Crippen LogP contribution in [0.3, 0.4) is 0 Å². The molecule has 0 bridgehead atoms. The lowest BCUT2D eigenvalue weighted by molar-refractivity contribution is -0.132. The summed E-state index contributed by atoms with van der Waals surface area (Å²) in [6.07, 6.45) is 0.293. The second-order valence-electron chi connectivity index (χ2n) is 7.42. The Kier molecular flexibility index (Phi) is 6.15. The summed E-state index contributed by atoms with van der Waals surface area (Å²) in [7, 11) is -3.59. The van der Waals surface area contributed by atoms with Crippen molar-refractivity contribution in [2.75, 3.05) is 26.2 Å². The maximum Gasteiger partial charge on any atom is 0.243 e. The Hall–Kier alpha value is -1.44. The van der Waals surface area contributed by atoms with Crippen LogP contribution in [0.1, 0.15) is 41.2 Å². The molecule has 2 rings (SSSR count). The molecule has 0 aliphatic carbocycles. The molecule has 1 atom stereocenters. The molecule has 26 heavy (non-hydrogen) atoms. The van der Waals surface area contributed by atoms with Gasteiger partial charge in [0.05, 0.1) is 4.90 Å². The van der Waals surface area contributed by atoms with Crippen LogP contribution >= 0.6 is 0 Å². The number of nitrogens with zero attached hydrogens (tertiary/aromatic N) is 2. The highest BCUT2D eigenvalue weighted by molar-refractivity contribution is 7.89. The van der Waals surface area contributed by atoms with E-state index in [4.69, 9.17) is 5.73 Å². The van der Waals surface area contributed by atoms with E-state index in [1.165, 1.54) is 4.31 Å². The fourth-order valence-corrected chi connectivity index (χ4v) is 5.55. The van der Waals surface area contributed by atoms with Crippen molar-refractivity contribution >= 4 is 15.9 Å². The minimum Gasteiger partial charge on any atom is -0.340 e. The number of carbonyl (C=O) groups is 1. The predicted molar refractivity (Wildman–Crippen MR) is 104 cm³/mol. The number of benzene rings is 1. The molecule has 1 aromatic rings. The van der Waals surface area contributed by atoms with E-state index < -0.39 is 10.0 Å². The summed E-state index contributed by atoms with van der Waals surface area (Å²) >= 11 is 0. The molecular weight excluding hydrogens is 350 g/mol. The van der Waals surface area contributed by atoms with Crippen LogP contribution in [0.2, 0.25) is 0 Å². The van der Waals surface area contributed by atoms with E-state index in [0.717, 1.165) is 27.8 Å². The number of hydrogen-bond acceptors (Lipinski definition) is 4. The van der Waals surface area contributed by atoms with Gasteiger partial charge in [-0.3, -0.25) is 4.79 Å². The van der Waals surface area contributed by atoms with Crippen molar-refractivity contribution < 1.29 is 13.2 Å². The van der Waals surface area contributed by atoms with E-state index in [1.54, 1.807) is 11.8 Å². The maximum absolute atomic E-state index is 13.3. The van der Waals surface area contributed by atoms with Gasteiger partial charge in [-0.2, -0.15) is 4.31 Å². The molecule has 1 fully saturated rings. The van der Waals surface area contributed by atoms with Crippen LogP contribution in [0, 0.1) is 34.6 Å². The fraction of sp³-hybridized carbons (Fsp3) is 0.632. The molecule has 1 amide bonds. The molecule has 1 aliphatic heterocycles. The molecule has 2 N–H and O–H groups in total. The molecule has 1 aliphatic rings. The molecule has 1 heterocycles.